The van der Waals surface area contributed by atoms with Crippen LogP contribution in [0.5, 0.6) is 5.75 Å². The van der Waals surface area contributed by atoms with Crippen LogP contribution in [0, 0.1) is 0 Å². The average molecular weight is 238 g/mol. The second-order valence-corrected chi connectivity index (χ2v) is 4.68. The summed E-state index contributed by atoms with van der Waals surface area (Å²) in [7, 11) is 3.37. The van der Waals surface area contributed by atoms with Crippen molar-refractivity contribution in [1.82, 2.24) is 9.78 Å². The topological polar surface area (TPSA) is 47.3 Å². The fourth-order valence-electron chi connectivity index (χ4n) is 1.79. The Hall–Kier alpha value is -1.33. The van der Waals surface area contributed by atoms with Gasteiger partial charge < -0.3 is 9.84 Å². The smallest absolute Gasteiger partial charge is 0.163 e. The van der Waals surface area contributed by atoms with Gasteiger partial charge >= 0.3 is 0 Å². The molecule has 1 atom stereocenters. The highest BCUT2D eigenvalue weighted by Crippen LogP contribution is 2.36. The lowest BCUT2D eigenvalue weighted by molar-refractivity contribution is 0.0935. The first-order valence-corrected chi connectivity index (χ1v) is 5.78. The van der Waals surface area contributed by atoms with E-state index in [1.165, 1.54) is 11.3 Å². The maximum Gasteiger partial charge on any atom is 0.163 e. The van der Waals surface area contributed by atoms with Crippen molar-refractivity contribution in [3.05, 3.63) is 34.3 Å². The van der Waals surface area contributed by atoms with Crippen molar-refractivity contribution in [1.29, 1.82) is 0 Å². The molecule has 0 aliphatic heterocycles. The van der Waals surface area contributed by atoms with E-state index in [4.69, 9.17) is 4.74 Å². The summed E-state index contributed by atoms with van der Waals surface area (Å²) in [6.45, 7) is 1.75. The zero-order valence-corrected chi connectivity index (χ0v) is 10.3. The summed E-state index contributed by atoms with van der Waals surface area (Å²) >= 11 is 1.51. The molecule has 0 saturated heterocycles. The van der Waals surface area contributed by atoms with E-state index in [-0.39, 0.29) is 0 Å². The van der Waals surface area contributed by atoms with Crippen LogP contribution in [-0.2, 0) is 12.6 Å². The molecule has 2 heterocycles. The molecule has 0 radical (unpaired) electrons. The molecule has 0 spiro atoms. The Labute approximate surface area is 98.1 Å². The Balaban J connectivity index is 2.54. The molecule has 1 N–H and O–H groups in total. The highest BCUT2D eigenvalue weighted by atomic mass is 32.1. The molecule has 0 fully saturated rings. The molecule has 0 saturated carbocycles. The third-order valence-electron chi connectivity index (χ3n) is 2.59. The second-order valence-electron chi connectivity index (χ2n) is 3.73. The lowest BCUT2D eigenvalue weighted by atomic mass is 10.00. The van der Waals surface area contributed by atoms with Crippen molar-refractivity contribution in [2.75, 3.05) is 7.11 Å². The van der Waals surface area contributed by atoms with Gasteiger partial charge in [-0.15, -0.1) is 11.3 Å². The minimum Gasteiger partial charge on any atom is -0.493 e. The molecule has 2 aromatic rings. The van der Waals surface area contributed by atoms with Gasteiger partial charge in [0, 0.05) is 11.9 Å². The molecule has 1 unspecified atom stereocenters. The van der Waals surface area contributed by atoms with Crippen LogP contribution >= 0.6 is 11.3 Å². The lowest BCUT2D eigenvalue weighted by Crippen LogP contribution is -2.25. The molecule has 86 valence electrons. The number of thiophene rings is 1. The Kier molecular flexibility index (Phi) is 2.73. The molecule has 0 aliphatic carbocycles. The SMILES string of the molecule is COc1cnn(C)c1C(C)(O)c1cccs1. The van der Waals surface area contributed by atoms with Crippen LogP contribution in [0.25, 0.3) is 0 Å². The van der Waals surface area contributed by atoms with E-state index in [0.717, 1.165) is 4.88 Å². The van der Waals surface area contributed by atoms with E-state index < -0.39 is 5.60 Å². The predicted octanol–water partition coefficient (Wildman–Crippen LogP) is 1.75. The van der Waals surface area contributed by atoms with Crippen LogP contribution in [0.1, 0.15) is 17.5 Å². The fraction of sp³-hybridized carbons (Fsp3) is 0.364. The van der Waals surface area contributed by atoms with E-state index in [2.05, 4.69) is 5.10 Å². The number of nitrogens with zero attached hydrogens (tertiary/aromatic N) is 2. The number of methoxy groups -OCH3 is 1. The summed E-state index contributed by atoms with van der Waals surface area (Å²) in [5.41, 5.74) is -0.414. The lowest BCUT2D eigenvalue weighted by Gasteiger charge is -2.23. The van der Waals surface area contributed by atoms with Crippen LogP contribution in [0.2, 0.25) is 0 Å². The zero-order chi connectivity index (χ0) is 11.8. The molecular weight excluding hydrogens is 224 g/mol. The Morgan fingerprint density at radius 2 is 2.31 bits per heavy atom. The van der Waals surface area contributed by atoms with Crippen molar-refractivity contribution >= 4 is 11.3 Å². The Bertz CT molecular complexity index is 474. The number of ether oxygens (including phenoxy) is 1. The molecule has 0 aromatic carbocycles. The molecule has 4 nitrogen and oxygen atoms in total. The van der Waals surface area contributed by atoms with Crippen LogP contribution in [0.15, 0.2) is 23.7 Å². The monoisotopic (exact) mass is 238 g/mol. The number of aliphatic hydroxyl groups is 1. The van der Waals surface area contributed by atoms with E-state index in [1.807, 2.05) is 17.5 Å². The third kappa shape index (κ3) is 1.62. The van der Waals surface area contributed by atoms with Gasteiger partial charge in [0.25, 0.3) is 0 Å². The summed E-state index contributed by atoms with van der Waals surface area (Å²) in [4.78, 5) is 0.870. The van der Waals surface area contributed by atoms with E-state index >= 15 is 0 Å². The molecule has 2 rings (SSSR count). The quantitative estimate of drug-likeness (QED) is 0.886. The van der Waals surface area contributed by atoms with Gasteiger partial charge in [-0.2, -0.15) is 5.10 Å². The standard InChI is InChI=1S/C11H14N2O2S/c1-11(14,9-5-4-6-16-9)10-8(15-3)7-12-13(10)2/h4-7,14H,1-3H3. The largest absolute Gasteiger partial charge is 0.493 e. The van der Waals surface area contributed by atoms with Gasteiger partial charge in [0.2, 0.25) is 0 Å². The summed E-state index contributed by atoms with van der Waals surface area (Å²) in [5, 5.41) is 16.6. The predicted molar refractivity (Wildman–Crippen MR) is 62.8 cm³/mol. The van der Waals surface area contributed by atoms with Crippen molar-refractivity contribution in [3.8, 4) is 5.75 Å². The zero-order valence-electron chi connectivity index (χ0n) is 9.47. The number of hydrogen-bond donors (Lipinski definition) is 1. The van der Waals surface area contributed by atoms with E-state index in [0.29, 0.717) is 11.4 Å². The third-order valence-corrected chi connectivity index (χ3v) is 3.67. The van der Waals surface area contributed by atoms with Crippen LogP contribution in [-0.4, -0.2) is 22.0 Å². The fourth-order valence-corrected chi connectivity index (χ4v) is 2.58. The average Bonchev–Trinajstić information content (AvgIpc) is 2.85. The number of aryl methyl sites for hydroxylation is 1. The van der Waals surface area contributed by atoms with Gasteiger partial charge in [0.1, 0.15) is 11.3 Å². The molecule has 0 bridgehead atoms. The minimum atomic E-state index is -1.08. The molecule has 0 amide bonds. The van der Waals surface area contributed by atoms with Crippen LogP contribution < -0.4 is 4.74 Å². The first-order valence-electron chi connectivity index (χ1n) is 4.90. The summed E-state index contributed by atoms with van der Waals surface area (Å²) in [5.74, 6) is 0.598. The van der Waals surface area contributed by atoms with Gasteiger partial charge in [-0.05, 0) is 18.4 Å². The Morgan fingerprint density at radius 1 is 1.56 bits per heavy atom. The summed E-state index contributed by atoms with van der Waals surface area (Å²) in [6.07, 6.45) is 1.61. The number of rotatable bonds is 3. The normalized spacial score (nSPS) is 14.8. The molecule has 2 aromatic heterocycles. The molecule has 16 heavy (non-hydrogen) atoms. The van der Waals surface area contributed by atoms with Gasteiger partial charge in [0.15, 0.2) is 5.75 Å². The van der Waals surface area contributed by atoms with E-state index in [9.17, 15) is 5.11 Å². The van der Waals surface area contributed by atoms with E-state index in [1.54, 1.807) is 32.0 Å². The Morgan fingerprint density at radius 3 is 2.88 bits per heavy atom. The maximum absolute atomic E-state index is 10.6. The first kappa shape index (κ1) is 11.2. The highest BCUT2D eigenvalue weighted by Gasteiger charge is 2.33. The van der Waals surface area contributed by atoms with Crippen molar-refractivity contribution in [3.63, 3.8) is 0 Å². The molecular formula is C11H14N2O2S. The molecule has 5 heteroatoms. The van der Waals surface area contributed by atoms with Crippen molar-refractivity contribution in [2.24, 2.45) is 7.05 Å². The van der Waals surface area contributed by atoms with Gasteiger partial charge in [-0.1, -0.05) is 6.07 Å². The maximum atomic E-state index is 10.6. The van der Waals surface area contributed by atoms with Crippen molar-refractivity contribution in [2.45, 2.75) is 12.5 Å². The minimum absolute atomic E-state index is 0.598. The highest BCUT2D eigenvalue weighted by molar-refractivity contribution is 7.10. The van der Waals surface area contributed by atoms with Gasteiger partial charge in [0.05, 0.1) is 13.3 Å². The van der Waals surface area contributed by atoms with Gasteiger partial charge in [-0.25, -0.2) is 0 Å². The first-order chi connectivity index (χ1) is 7.57. The molecule has 0 aliphatic rings. The van der Waals surface area contributed by atoms with Gasteiger partial charge in [-0.3, -0.25) is 4.68 Å². The van der Waals surface area contributed by atoms with Crippen LogP contribution in [0.4, 0.5) is 0 Å². The summed E-state index contributed by atoms with van der Waals surface area (Å²) in [6, 6.07) is 3.81. The number of aromatic nitrogens is 2. The second kappa shape index (κ2) is 3.92. The van der Waals surface area contributed by atoms with Crippen LogP contribution in [0.3, 0.4) is 0 Å². The van der Waals surface area contributed by atoms with Crippen molar-refractivity contribution < 1.29 is 9.84 Å². The number of hydrogen-bond acceptors (Lipinski definition) is 4. The summed E-state index contributed by atoms with van der Waals surface area (Å²) < 4.78 is 6.85.